The topological polar surface area (TPSA) is 49.8 Å². The lowest BCUT2D eigenvalue weighted by atomic mass is 10.1. The van der Waals surface area contributed by atoms with Crippen LogP contribution < -0.4 is 4.74 Å². The Kier molecular flexibility index (Phi) is 4.72. The number of carbonyl (C=O) groups is 1. The zero-order valence-corrected chi connectivity index (χ0v) is 11.3. The number of ether oxygens (including phenoxy) is 1. The van der Waals surface area contributed by atoms with Crippen molar-refractivity contribution in [2.75, 3.05) is 19.6 Å². The molecule has 1 aromatic carbocycles. The summed E-state index contributed by atoms with van der Waals surface area (Å²) in [5.74, 6) is -0.476. The first kappa shape index (κ1) is 15.6. The molecule has 0 atom stereocenters. The lowest BCUT2D eigenvalue weighted by Gasteiger charge is -2.32. The smallest absolute Gasteiger partial charge is 0.401 e. The number of hydrogen-bond donors (Lipinski definition) is 1. The van der Waals surface area contributed by atoms with Crippen LogP contribution >= 0.6 is 0 Å². The molecule has 1 saturated heterocycles. The molecule has 1 heterocycles. The maximum Gasteiger partial charge on any atom is 0.401 e. The van der Waals surface area contributed by atoms with Crippen molar-refractivity contribution in [3.63, 3.8) is 0 Å². The highest BCUT2D eigenvalue weighted by atomic mass is 19.4. The van der Waals surface area contributed by atoms with Gasteiger partial charge in [-0.2, -0.15) is 13.2 Å². The molecule has 1 fully saturated rings. The molecular formula is C14H16F3NO3. The van der Waals surface area contributed by atoms with Gasteiger partial charge < -0.3 is 9.84 Å². The monoisotopic (exact) mass is 303 g/mol. The fraction of sp³-hybridized carbons (Fsp3) is 0.500. The Bertz CT molecular complexity index is 479. The standard InChI is InChI=1S/C14H16F3NO3/c15-14(16,17)9-18-7-5-12(6-8-18)21-11-3-1-10(2-4-11)13(19)20/h1-4,12H,5-9H2,(H,19,20). The fourth-order valence-electron chi connectivity index (χ4n) is 2.31. The summed E-state index contributed by atoms with van der Waals surface area (Å²) in [4.78, 5) is 12.1. The zero-order valence-electron chi connectivity index (χ0n) is 11.3. The molecule has 0 aliphatic carbocycles. The number of hydrogen-bond acceptors (Lipinski definition) is 3. The number of carboxylic acid groups (broad SMARTS) is 1. The average molecular weight is 303 g/mol. The third kappa shape index (κ3) is 4.93. The van der Waals surface area contributed by atoms with Crippen LogP contribution in [-0.4, -0.2) is 47.9 Å². The van der Waals surface area contributed by atoms with Crippen molar-refractivity contribution in [3.05, 3.63) is 29.8 Å². The number of nitrogens with zero attached hydrogens (tertiary/aromatic N) is 1. The number of piperidine rings is 1. The van der Waals surface area contributed by atoms with E-state index in [9.17, 15) is 18.0 Å². The van der Waals surface area contributed by atoms with E-state index in [1.807, 2.05) is 0 Å². The summed E-state index contributed by atoms with van der Waals surface area (Å²) in [5, 5.41) is 8.78. The molecule has 21 heavy (non-hydrogen) atoms. The van der Waals surface area contributed by atoms with Gasteiger partial charge in [0.15, 0.2) is 0 Å². The number of benzene rings is 1. The number of halogens is 3. The SMILES string of the molecule is O=C(O)c1ccc(OC2CCN(CC(F)(F)F)CC2)cc1. The van der Waals surface area contributed by atoms with Crippen LogP contribution in [0.25, 0.3) is 0 Å². The highest BCUT2D eigenvalue weighted by molar-refractivity contribution is 5.87. The van der Waals surface area contributed by atoms with Gasteiger partial charge in [-0.15, -0.1) is 0 Å². The molecule has 1 aliphatic heterocycles. The van der Waals surface area contributed by atoms with Gasteiger partial charge in [-0.05, 0) is 37.1 Å². The fourth-order valence-corrected chi connectivity index (χ4v) is 2.31. The quantitative estimate of drug-likeness (QED) is 0.929. The molecule has 0 amide bonds. The van der Waals surface area contributed by atoms with Crippen molar-refractivity contribution < 1.29 is 27.8 Å². The minimum Gasteiger partial charge on any atom is -0.490 e. The van der Waals surface area contributed by atoms with Crippen LogP contribution in [0.3, 0.4) is 0 Å². The van der Waals surface area contributed by atoms with E-state index in [-0.39, 0.29) is 11.7 Å². The van der Waals surface area contributed by atoms with Crippen LogP contribution in [-0.2, 0) is 0 Å². The van der Waals surface area contributed by atoms with Crippen molar-refractivity contribution in [2.45, 2.75) is 25.1 Å². The molecule has 0 radical (unpaired) electrons. The molecule has 0 aromatic heterocycles. The normalized spacial score (nSPS) is 17.7. The Balaban J connectivity index is 1.82. The van der Waals surface area contributed by atoms with Crippen LogP contribution in [0.2, 0.25) is 0 Å². The predicted molar refractivity (Wildman–Crippen MR) is 69.5 cm³/mol. The van der Waals surface area contributed by atoms with Crippen molar-refractivity contribution in [2.24, 2.45) is 0 Å². The Morgan fingerprint density at radius 3 is 2.29 bits per heavy atom. The highest BCUT2D eigenvalue weighted by Crippen LogP contribution is 2.22. The van der Waals surface area contributed by atoms with Crippen LogP contribution in [0, 0.1) is 0 Å². The second kappa shape index (κ2) is 6.34. The molecule has 7 heteroatoms. The van der Waals surface area contributed by atoms with E-state index in [1.165, 1.54) is 17.0 Å². The molecule has 0 bridgehead atoms. The van der Waals surface area contributed by atoms with Gasteiger partial charge in [-0.1, -0.05) is 0 Å². The molecule has 4 nitrogen and oxygen atoms in total. The molecular weight excluding hydrogens is 287 g/mol. The number of likely N-dealkylation sites (tertiary alicyclic amines) is 1. The van der Waals surface area contributed by atoms with Gasteiger partial charge in [0, 0.05) is 13.1 Å². The van der Waals surface area contributed by atoms with Crippen LogP contribution in [0.5, 0.6) is 5.75 Å². The summed E-state index contributed by atoms with van der Waals surface area (Å²) >= 11 is 0. The van der Waals surface area contributed by atoms with Crippen molar-refractivity contribution in [1.29, 1.82) is 0 Å². The van der Waals surface area contributed by atoms with Crippen molar-refractivity contribution in [1.82, 2.24) is 4.90 Å². The molecule has 1 aliphatic rings. The molecule has 2 rings (SSSR count). The molecule has 1 aromatic rings. The summed E-state index contributed by atoms with van der Waals surface area (Å²) in [5.41, 5.74) is 0.169. The minimum absolute atomic E-state index is 0.134. The van der Waals surface area contributed by atoms with E-state index in [0.29, 0.717) is 31.7 Å². The van der Waals surface area contributed by atoms with Crippen LogP contribution in [0.4, 0.5) is 13.2 Å². The maximum absolute atomic E-state index is 12.3. The van der Waals surface area contributed by atoms with Gasteiger partial charge in [-0.25, -0.2) is 4.79 Å². The molecule has 0 spiro atoms. The number of alkyl halides is 3. The molecule has 1 N–H and O–H groups in total. The third-order valence-corrected chi connectivity index (χ3v) is 3.34. The first-order chi connectivity index (χ1) is 9.83. The van der Waals surface area contributed by atoms with E-state index in [4.69, 9.17) is 9.84 Å². The number of aromatic carboxylic acids is 1. The van der Waals surface area contributed by atoms with Crippen LogP contribution in [0.1, 0.15) is 23.2 Å². The summed E-state index contributed by atoms with van der Waals surface area (Å²) in [6.07, 6.45) is -3.25. The third-order valence-electron chi connectivity index (χ3n) is 3.34. The van der Waals surface area contributed by atoms with E-state index in [2.05, 4.69) is 0 Å². The van der Waals surface area contributed by atoms with Gasteiger partial charge in [-0.3, -0.25) is 4.90 Å². The molecule has 116 valence electrons. The predicted octanol–water partition coefficient (Wildman–Crippen LogP) is 2.79. The molecule has 0 saturated carbocycles. The van der Waals surface area contributed by atoms with E-state index >= 15 is 0 Å². The Morgan fingerprint density at radius 1 is 1.24 bits per heavy atom. The highest BCUT2D eigenvalue weighted by Gasteiger charge is 2.32. The van der Waals surface area contributed by atoms with Gasteiger partial charge in [0.05, 0.1) is 12.1 Å². The largest absolute Gasteiger partial charge is 0.490 e. The van der Waals surface area contributed by atoms with Gasteiger partial charge in [0.1, 0.15) is 11.9 Å². The second-order valence-electron chi connectivity index (χ2n) is 5.04. The van der Waals surface area contributed by atoms with E-state index in [1.54, 1.807) is 12.1 Å². The summed E-state index contributed by atoms with van der Waals surface area (Å²) in [7, 11) is 0. The molecule has 0 unspecified atom stereocenters. The number of rotatable bonds is 4. The maximum atomic E-state index is 12.3. The Labute approximate surface area is 120 Å². The lowest BCUT2D eigenvalue weighted by molar-refractivity contribution is -0.149. The summed E-state index contributed by atoms with van der Waals surface area (Å²) < 4.78 is 42.5. The van der Waals surface area contributed by atoms with Gasteiger partial charge >= 0.3 is 12.1 Å². The first-order valence-electron chi connectivity index (χ1n) is 6.62. The second-order valence-corrected chi connectivity index (χ2v) is 5.04. The lowest BCUT2D eigenvalue weighted by Crippen LogP contribution is -2.42. The summed E-state index contributed by atoms with van der Waals surface area (Å²) in [6.45, 7) is -0.193. The average Bonchev–Trinajstić information content (AvgIpc) is 2.40. The minimum atomic E-state index is -4.17. The first-order valence-corrected chi connectivity index (χ1v) is 6.62. The Hall–Kier alpha value is -1.76. The Morgan fingerprint density at radius 2 is 1.81 bits per heavy atom. The van der Waals surface area contributed by atoms with Crippen LogP contribution in [0.15, 0.2) is 24.3 Å². The van der Waals surface area contributed by atoms with E-state index < -0.39 is 18.7 Å². The van der Waals surface area contributed by atoms with Gasteiger partial charge in [0.25, 0.3) is 0 Å². The summed E-state index contributed by atoms with van der Waals surface area (Å²) in [6, 6.07) is 6.00. The van der Waals surface area contributed by atoms with Crippen molar-refractivity contribution in [3.8, 4) is 5.75 Å². The van der Waals surface area contributed by atoms with Crippen molar-refractivity contribution >= 4 is 5.97 Å². The van der Waals surface area contributed by atoms with E-state index in [0.717, 1.165) is 0 Å². The van der Waals surface area contributed by atoms with Gasteiger partial charge in [0.2, 0.25) is 0 Å². The number of carboxylic acids is 1. The zero-order chi connectivity index (χ0) is 15.5.